The van der Waals surface area contributed by atoms with Crippen molar-refractivity contribution in [3.8, 4) is 0 Å². The summed E-state index contributed by atoms with van der Waals surface area (Å²) in [6.45, 7) is 1.44. The first kappa shape index (κ1) is 8.69. The van der Waals surface area contributed by atoms with Gasteiger partial charge in [-0.2, -0.15) is 5.10 Å². The summed E-state index contributed by atoms with van der Waals surface area (Å²) in [6, 6.07) is 2.74. The van der Waals surface area contributed by atoms with Crippen LogP contribution in [0.25, 0.3) is 0 Å². The zero-order valence-corrected chi connectivity index (χ0v) is 7.65. The van der Waals surface area contributed by atoms with Crippen LogP contribution in [0.2, 0.25) is 0 Å². The standard InChI is InChI=1S/C9H13FN3/c1-12-6-3-9(8(10)7-12)13-5-2-4-11-13/h4-5,8-9H,3,6-7H2,1H3. The maximum absolute atomic E-state index is 13.5. The summed E-state index contributed by atoms with van der Waals surface area (Å²) in [6.07, 6.45) is 3.30. The van der Waals surface area contributed by atoms with Gasteiger partial charge in [0.2, 0.25) is 0 Å². The van der Waals surface area contributed by atoms with Crippen LogP contribution in [-0.4, -0.2) is 41.0 Å². The highest BCUT2D eigenvalue weighted by Gasteiger charge is 2.28. The van der Waals surface area contributed by atoms with Crippen molar-refractivity contribution >= 4 is 0 Å². The van der Waals surface area contributed by atoms with Crippen molar-refractivity contribution in [2.45, 2.75) is 18.6 Å². The van der Waals surface area contributed by atoms with Gasteiger partial charge >= 0.3 is 0 Å². The second kappa shape index (κ2) is 3.46. The van der Waals surface area contributed by atoms with Gasteiger partial charge in [0.05, 0.1) is 12.2 Å². The molecule has 0 aliphatic carbocycles. The second-order valence-electron chi connectivity index (χ2n) is 3.55. The molecule has 2 heterocycles. The summed E-state index contributed by atoms with van der Waals surface area (Å²) in [7, 11) is 1.94. The quantitative estimate of drug-likeness (QED) is 0.643. The Morgan fingerprint density at radius 1 is 1.62 bits per heavy atom. The van der Waals surface area contributed by atoms with Crippen molar-refractivity contribution in [1.82, 2.24) is 14.7 Å². The minimum absolute atomic E-state index is 0.0950. The van der Waals surface area contributed by atoms with Gasteiger partial charge in [-0.25, -0.2) is 4.39 Å². The first-order valence-electron chi connectivity index (χ1n) is 4.50. The molecule has 1 aliphatic rings. The highest BCUT2D eigenvalue weighted by molar-refractivity contribution is 4.86. The average molecular weight is 182 g/mol. The Hall–Kier alpha value is -0.900. The molecular weight excluding hydrogens is 169 g/mol. The zero-order valence-electron chi connectivity index (χ0n) is 7.65. The number of nitrogens with zero attached hydrogens (tertiary/aromatic N) is 3. The highest BCUT2D eigenvalue weighted by Crippen LogP contribution is 2.23. The lowest BCUT2D eigenvalue weighted by atomic mass is 10.0. The van der Waals surface area contributed by atoms with E-state index in [1.165, 1.54) is 0 Å². The maximum Gasteiger partial charge on any atom is 0.135 e. The van der Waals surface area contributed by atoms with Gasteiger partial charge in [0.15, 0.2) is 0 Å². The molecule has 1 saturated heterocycles. The molecule has 0 bridgehead atoms. The Kier molecular flexibility index (Phi) is 2.31. The van der Waals surface area contributed by atoms with E-state index in [0.29, 0.717) is 6.54 Å². The molecule has 13 heavy (non-hydrogen) atoms. The molecule has 1 radical (unpaired) electrons. The lowest BCUT2D eigenvalue weighted by molar-refractivity contribution is 0.101. The summed E-state index contributed by atoms with van der Waals surface area (Å²) in [4.78, 5) is 2.01. The van der Waals surface area contributed by atoms with E-state index in [1.54, 1.807) is 17.1 Å². The van der Waals surface area contributed by atoms with Crippen LogP contribution in [0.1, 0.15) is 12.5 Å². The van der Waals surface area contributed by atoms with Crippen LogP contribution < -0.4 is 0 Å². The summed E-state index contributed by atoms with van der Waals surface area (Å²) < 4.78 is 15.2. The predicted octanol–water partition coefficient (Wildman–Crippen LogP) is 0.898. The topological polar surface area (TPSA) is 21.1 Å². The highest BCUT2D eigenvalue weighted by atomic mass is 19.1. The van der Waals surface area contributed by atoms with Gasteiger partial charge in [-0.1, -0.05) is 0 Å². The van der Waals surface area contributed by atoms with Gasteiger partial charge in [0.25, 0.3) is 0 Å². The monoisotopic (exact) mass is 182 g/mol. The fourth-order valence-electron chi connectivity index (χ4n) is 1.77. The van der Waals surface area contributed by atoms with E-state index in [-0.39, 0.29) is 6.04 Å². The van der Waals surface area contributed by atoms with Gasteiger partial charge < -0.3 is 4.90 Å². The Bertz CT molecular complexity index is 260. The normalized spacial score (nSPS) is 30.6. The third-order valence-electron chi connectivity index (χ3n) is 2.52. The van der Waals surface area contributed by atoms with E-state index >= 15 is 0 Å². The molecule has 0 spiro atoms. The SMILES string of the molecule is CN1CCC(n2c[c]cn2)C(F)C1. The smallest absolute Gasteiger partial charge is 0.135 e. The number of aromatic nitrogens is 2. The van der Waals surface area contributed by atoms with Crippen molar-refractivity contribution in [2.24, 2.45) is 0 Å². The van der Waals surface area contributed by atoms with Gasteiger partial charge in [0.1, 0.15) is 6.17 Å². The number of halogens is 1. The maximum atomic E-state index is 13.5. The number of piperidine rings is 1. The number of alkyl halides is 1. The molecule has 0 saturated carbocycles. The molecule has 1 aliphatic heterocycles. The lowest BCUT2D eigenvalue weighted by Crippen LogP contribution is -2.40. The predicted molar refractivity (Wildman–Crippen MR) is 47.1 cm³/mol. The number of likely N-dealkylation sites (tertiary alicyclic amines) is 1. The first-order chi connectivity index (χ1) is 6.27. The van der Waals surface area contributed by atoms with Crippen LogP contribution in [0.5, 0.6) is 0 Å². The number of hydrogen-bond donors (Lipinski definition) is 0. The van der Waals surface area contributed by atoms with E-state index in [9.17, 15) is 4.39 Å². The summed E-state index contributed by atoms with van der Waals surface area (Å²) in [5.74, 6) is 0. The van der Waals surface area contributed by atoms with Crippen LogP contribution in [0.4, 0.5) is 4.39 Å². The summed E-state index contributed by atoms with van der Waals surface area (Å²) in [5.41, 5.74) is 0. The van der Waals surface area contributed by atoms with Gasteiger partial charge in [0, 0.05) is 25.4 Å². The van der Waals surface area contributed by atoms with Gasteiger partial charge in [-0.3, -0.25) is 4.68 Å². The van der Waals surface area contributed by atoms with Crippen molar-refractivity contribution < 1.29 is 4.39 Å². The second-order valence-corrected chi connectivity index (χ2v) is 3.55. The van der Waals surface area contributed by atoms with Crippen LogP contribution >= 0.6 is 0 Å². The Labute approximate surface area is 77.1 Å². The average Bonchev–Trinajstić information content (AvgIpc) is 2.56. The molecule has 71 valence electrons. The Morgan fingerprint density at radius 3 is 3.08 bits per heavy atom. The lowest BCUT2D eigenvalue weighted by Gasteiger charge is -2.32. The first-order valence-corrected chi connectivity index (χ1v) is 4.50. The van der Waals surface area contributed by atoms with Crippen LogP contribution in [0.3, 0.4) is 0 Å². The van der Waals surface area contributed by atoms with E-state index in [1.807, 2.05) is 11.9 Å². The van der Waals surface area contributed by atoms with E-state index in [0.717, 1.165) is 13.0 Å². The molecular formula is C9H13FN3. The molecule has 1 aromatic rings. The molecule has 4 heteroatoms. The molecule has 3 nitrogen and oxygen atoms in total. The van der Waals surface area contributed by atoms with E-state index < -0.39 is 6.17 Å². The Morgan fingerprint density at radius 2 is 2.46 bits per heavy atom. The minimum Gasteiger partial charge on any atom is -0.303 e. The van der Waals surface area contributed by atoms with Crippen LogP contribution in [-0.2, 0) is 0 Å². The van der Waals surface area contributed by atoms with Gasteiger partial charge in [-0.15, -0.1) is 0 Å². The van der Waals surface area contributed by atoms with Crippen molar-refractivity contribution in [3.63, 3.8) is 0 Å². The molecule has 0 amide bonds. The molecule has 1 aromatic heterocycles. The fourth-order valence-corrected chi connectivity index (χ4v) is 1.77. The fraction of sp³-hybridized carbons (Fsp3) is 0.667. The zero-order chi connectivity index (χ0) is 9.26. The largest absolute Gasteiger partial charge is 0.303 e. The van der Waals surface area contributed by atoms with Crippen LogP contribution in [0, 0.1) is 6.07 Å². The van der Waals surface area contributed by atoms with Crippen LogP contribution in [0.15, 0.2) is 12.4 Å². The molecule has 2 atom stereocenters. The number of hydrogen-bond acceptors (Lipinski definition) is 2. The van der Waals surface area contributed by atoms with Crippen molar-refractivity contribution in [1.29, 1.82) is 0 Å². The third-order valence-corrected chi connectivity index (χ3v) is 2.52. The number of rotatable bonds is 1. The summed E-state index contributed by atoms with van der Waals surface area (Å²) >= 11 is 0. The van der Waals surface area contributed by atoms with Crippen molar-refractivity contribution in [3.05, 3.63) is 18.5 Å². The molecule has 0 aromatic carbocycles. The molecule has 0 N–H and O–H groups in total. The molecule has 2 unspecified atom stereocenters. The minimum atomic E-state index is -0.813. The summed E-state index contributed by atoms with van der Waals surface area (Å²) in [5, 5.41) is 4.02. The van der Waals surface area contributed by atoms with E-state index in [2.05, 4.69) is 11.2 Å². The molecule has 1 fully saturated rings. The molecule has 2 rings (SSSR count). The Balaban J connectivity index is 2.08. The van der Waals surface area contributed by atoms with Gasteiger partial charge in [-0.05, 0) is 13.5 Å². The van der Waals surface area contributed by atoms with Crippen molar-refractivity contribution in [2.75, 3.05) is 20.1 Å². The third kappa shape index (κ3) is 1.72. The van der Waals surface area contributed by atoms with E-state index in [4.69, 9.17) is 0 Å².